The maximum Gasteiger partial charge on any atom is 0.274 e. The van der Waals surface area contributed by atoms with Crippen molar-refractivity contribution in [2.24, 2.45) is 13.0 Å². The molecule has 6 heteroatoms. The second kappa shape index (κ2) is 5.26. The fourth-order valence-electron chi connectivity index (χ4n) is 2.61. The Balaban J connectivity index is 1.78. The molecule has 0 aromatic carbocycles. The average molecular weight is 276 g/mol. The number of hydrogen-bond acceptors (Lipinski definition) is 3. The van der Waals surface area contributed by atoms with Crippen LogP contribution in [0.15, 0.2) is 6.20 Å². The van der Waals surface area contributed by atoms with Gasteiger partial charge in [-0.05, 0) is 32.1 Å². The monoisotopic (exact) mass is 276 g/mol. The van der Waals surface area contributed by atoms with Gasteiger partial charge in [-0.15, -0.1) is 0 Å². The first-order chi connectivity index (χ1) is 9.66. The number of hydrogen-bond donors (Lipinski definition) is 1. The minimum atomic E-state index is -0.0317. The van der Waals surface area contributed by atoms with Crippen molar-refractivity contribution >= 4 is 17.5 Å². The van der Waals surface area contributed by atoms with Gasteiger partial charge in [-0.25, -0.2) is 0 Å². The quantitative estimate of drug-likeness (QED) is 0.907. The Labute approximate surface area is 118 Å². The molecule has 2 fully saturated rings. The van der Waals surface area contributed by atoms with E-state index >= 15 is 0 Å². The third kappa shape index (κ3) is 2.55. The Bertz CT molecular complexity index is 527. The number of carbonyl (C=O) groups excluding carboxylic acids is 2. The first-order valence-electron chi connectivity index (χ1n) is 7.29. The predicted molar refractivity (Wildman–Crippen MR) is 74.3 cm³/mol. The molecule has 1 aromatic rings. The Morgan fingerprint density at radius 1 is 1.25 bits per heavy atom. The summed E-state index contributed by atoms with van der Waals surface area (Å²) in [4.78, 5) is 26.3. The summed E-state index contributed by atoms with van der Waals surface area (Å²) in [5.41, 5.74) is 1.03. The molecule has 1 aliphatic carbocycles. The van der Waals surface area contributed by atoms with Gasteiger partial charge in [0.15, 0.2) is 0 Å². The van der Waals surface area contributed by atoms with Crippen molar-refractivity contribution in [3.8, 4) is 0 Å². The number of nitrogens with one attached hydrogen (secondary N) is 1. The minimum absolute atomic E-state index is 0.00527. The van der Waals surface area contributed by atoms with E-state index in [0.29, 0.717) is 11.4 Å². The fraction of sp³-hybridized carbons (Fsp3) is 0.643. The molecule has 0 bridgehead atoms. The molecule has 0 unspecified atom stereocenters. The Hall–Kier alpha value is -1.85. The summed E-state index contributed by atoms with van der Waals surface area (Å²) in [7, 11) is 1.74. The van der Waals surface area contributed by atoms with Crippen LogP contribution in [0.5, 0.6) is 0 Å². The van der Waals surface area contributed by atoms with E-state index in [1.54, 1.807) is 17.9 Å². The molecule has 1 aromatic heterocycles. The molecule has 0 atom stereocenters. The predicted octanol–water partition coefficient (Wildman–Crippen LogP) is 1.39. The number of carbonyl (C=O) groups is 2. The summed E-state index contributed by atoms with van der Waals surface area (Å²) < 4.78 is 1.56. The van der Waals surface area contributed by atoms with Crippen molar-refractivity contribution in [3.05, 3.63) is 11.9 Å². The van der Waals surface area contributed by atoms with E-state index in [1.807, 2.05) is 4.90 Å². The van der Waals surface area contributed by atoms with Crippen molar-refractivity contribution < 1.29 is 9.59 Å². The average Bonchev–Trinajstić information content (AvgIpc) is 3.25. The molecule has 1 N–H and O–H groups in total. The lowest BCUT2D eigenvalue weighted by atomic mass is 10.1. The van der Waals surface area contributed by atoms with Gasteiger partial charge >= 0.3 is 0 Å². The molecule has 108 valence electrons. The second-order valence-corrected chi connectivity index (χ2v) is 5.65. The highest BCUT2D eigenvalue weighted by molar-refractivity contribution is 6.03. The van der Waals surface area contributed by atoms with Crippen molar-refractivity contribution in [1.29, 1.82) is 0 Å². The second-order valence-electron chi connectivity index (χ2n) is 5.65. The lowest BCUT2D eigenvalue weighted by Crippen LogP contribution is -2.37. The van der Waals surface area contributed by atoms with Gasteiger partial charge in [-0.2, -0.15) is 5.10 Å². The summed E-state index contributed by atoms with van der Waals surface area (Å²) in [6.07, 6.45) is 6.74. The van der Waals surface area contributed by atoms with Crippen LogP contribution in [0.25, 0.3) is 0 Å². The number of likely N-dealkylation sites (tertiary alicyclic amines) is 1. The molecule has 20 heavy (non-hydrogen) atoms. The molecular formula is C14H20N4O2. The van der Waals surface area contributed by atoms with Gasteiger partial charge in [0.1, 0.15) is 5.69 Å². The summed E-state index contributed by atoms with van der Waals surface area (Å²) >= 11 is 0. The molecular weight excluding hydrogens is 256 g/mol. The maximum absolute atomic E-state index is 12.6. The van der Waals surface area contributed by atoms with E-state index in [2.05, 4.69) is 10.4 Å². The molecule has 0 radical (unpaired) electrons. The molecule has 1 saturated heterocycles. The minimum Gasteiger partial charge on any atom is -0.337 e. The van der Waals surface area contributed by atoms with Gasteiger partial charge in [-0.1, -0.05) is 0 Å². The first-order valence-corrected chi connectivity index (χ1v) is 7.29. The number of nitrogens with zero attached hydrogens (tertiary/aromatic N) is 3. The lowest BCUT2D eigenvalue weighted by Gasteiger charge is -2.27. The zero-order valence-corrected chi connectivity index (χ0v) is 11.8. The van der Waals surface area contributed by atoms with Crippen LogP contribution >= 0.6 is 0 Å². The number of aromatic nitrogens is 2. The third-order valence-corrected chi connectivity index (χ3v) is 3.99. The number of anilines is 1. The van der Waals surface area contributed by atoms with Gasteiger partial charge in [0, 0.05) is 26.1 Å². The molecule has 3 rings (SSSR count). The molecule has 6 nitrogen and oxygen atoms in total. The van der Waals surface area contributed by atoms with E-state index in [-0.39, 0.29) is 17.7 Å². The van der Waals surface area contributed by atoms with Crippen LogP contribution in [0.2, 0.25) is 0 Å². The molecule has 2 amide bonds. The number of aryl methyl sites for hydroxylation is 1. The molecule has 1 saturated carbocycles. The Morgan fingerprint density at radius 2 is 1.95 bits per heavy atom. The molecule has 2 aliphatic rings. The zero-order chi connectivity index (χ0) is 14.1. The van der Waals surface area contributed by atoms with E-state index < -0.39 is 0 Å². The maximum atomic E-state index is 12.6. The number of amides is 2. The van der Waals surface area contributed by atoms with Gasteiger partial charge in [0.2, 0.25) is 5.91 Å². The first kappa shape index (κ1) is 13.1. The standard InChI is InChI=1S/C14H20N4O2/c1-17-12(14(20)18-7-3-2-4-8-18)11(9-15-17)16-13(19)10-5-6-10/h9-10H,2-8H2,1H3,(H,16,19). The summed E-state index contributed by atoms with van der Waals surface area (Å²) in [5.74, 6) is 0.0923. The van der Waals surface area contributed by atoms with Crippen molar-refractivity contribution in [1.82, 2.24) is 14.7 Å². The SMILES string of the molecule is Cn1ncc(NC(=O)C2CC2)c1C(=O)N1CCCCC1. The van der Waals surface area contributed by atoms with Gasteiger partial charge in [0.25, 0.3) is 5.91 Å². The van der Waals surface area contributed by atoms with Crippen molar-refractivity contribution in [3.63, 3.8) is 0 Å². The van der Waals surface area contributed by atoms with Crippen molar-refractivity contribution in [2.45, 2.75) is 32.1 Å². The van der Waals surface area contributed by atoms with Gasteiger partial charge in [-0.3, -0.25) is 14.3 Å². The van der Waals surface area contributed by atoms with Crippen LogP contribution in [0.1, 0.15) is 42.6 Å². The third-order valence-electron chi connectivity index (χ3n) is 3.99. The summed E-state index contributed by atoms with van der Waals surface area (Å²) in [5, 5.41) is 6.96. The van der Waals surface area contributed by atoms with Crippen molar-refractivity contribution in [2.75, 3.05) is 18.4 Å². The fourth-order valence-corrected chi connectivity index (χ4v) is 2.61. The van der Waals surface area contributed by atoms with Crippen LogP contribution in [-0.2, 0) is 11.8 Å². The molecule has 1 aliphatic heterocycles. The van der Waals surface area contributed by atoms with Gasteiger partial charge < -0.3 is 10.2 Å². The highest BCUT2D eigenvalue weighted by Gasteiger charge is 2.31. The molecule has 2 heterocycles. The normalized spacial score (nSPS) is 18.9. The van der Waals surface area contributed by atoms with Crippen LogP contribution in [0.3, 0.4) is 0 Å². The highest BCUT2D eigenvalue weighted by atomic mass is 16.2. The largest absolute Gasteiger partial charge is 0.337 e. The lowest BCUT2D eigenvalue weighted by molar-refractivity contribution is -0.117. The van der Waals surface area contributed by atoms with Crippen LogP contribution in [0.4, 0.5) is 5.69 Å². The number of piperidine rings is 1. The van der Waals surface area contributed by atoms with E-state index in [1.165, 1.54) is 6.42 Å². The smallest absolute Gasteiger partial charge is 0.274 e. The topological polar surface area (TPSA) is 67.2 Å². The number of rotatable bonds is 3. The summed E-state index contributed by atoms with van der Waals surface area (Å²) in [6.45, 7) is 1.58. The van der Waals surface area contributed by atoms with Crippen LogP contribution < -0.4 is 5.32 Å². The Kier molecular flexibility index (Phi) is 3.46. The van der Waals surface area contributed by atoms with E-state index in [9.17, 15) is 9.59 Å². The summed E-state index contributed by atoms with van der Waals surface area (Å²) in [6, 6.07) is 0. The zero-order valence-electron chi connectivity index (χ0n) is 11.8. The molecule has 0 spiro atoms. The van der Waals surface area contributed by atoms with E-state index in [0.717, 1.165) is 38.8 Å². The van der Waals surface area contributed by atoms with Crippen LogP contribution in [0, 0.1) is 5.92 Å². The van der Waals surface area contributed by atoms with E-state index in [4.69, 9.17) is 0 Å². The van der Waals surface area contributed by atoms with Crippen LogP contribution in [-0.4, -0.2) is 39.6 Å². The van der Waals surface area contributed by atoms with Gasteiger partial charge in [0.05, 0.1) is 11.9 Å². The Morgan fingerprint density at radius 3 is 2.60 bits per heavy atom. The highest BCUT2D eigenvalue weighted by Crippen LogP contribution is 2.31.